The molecular formula is C14H15ClN2O. The van der Waals surface area contributed by atoms with Gasteiger partial charge in [0, 0.05) is 12.2 Å². The van der Waals surface area contributed by atoms with Crippen LogP contribution in [0.1, 0.15) is 23.2 Å². The molecule has 0 radical (unpaired) electrons. The van der Waals surface area contributed by atoms with Crippen LogP contribution in [0.2, 0.25) is 5.02 Å². The van der Waals surface area contributed by atoms with Crippen molar-refractivity contribution in [2.75, 3.05) is 18.8 Å². The zero-order valence-electron chi connectivity index (χ0n) is 10.0. The average Bonchev–Trinajstić information content (AvgIpc) is 3.12. The van der Waals surface area contributed by atoms with E-state index in [0.717, 1.165) is 12.8 Å². The Hall–Kier alpha value is -1.66. The van der Waals surface area contributed by atoms with Crippen LogP contribution in [0.25, 0.3) is 0 Å². The summed E-state index contributed by atoms with van der Waals surface area (Å²) < 4.78 is 0. The fourth-order valence-electron chi connectivity index (χ4n) is 1.87. The molecule has 0 aromatic heterocycles. The predicted octanol–water partition coefficient (Wildman–Crippen LogP) is 2.41. The fourth-order valence-corrected chi connectivity index (χ4v) is 2.13. The first kappa shape index (κ1) is 12.8. The Bertz CT molecular complexity index is 483. The van der Waals surface area contributed by atoms with Gasteiger partial charge >= 0.3 is 0 Å². The van der Waals surface area contributed by atoms with E-state index < -0.39 is 0 Å². The highest BCUT2D eigenvalue weighted by atomic mass is 35.5. The molecule has 1 aliphatic rings. The van der Waals surface area contributed by atoms with Gasteiger partial charge in [-0.25, -0.2) is 0 Å². The van der Waals surface area contributed by atoms with Gasteiger partial charge in [0.15, 0.2) is 0 Å². The van der Waals surface area contributed by atoms with Crippen LogP contribution in [0.4, 0.5) is 5.69 Å². The molecule has 0 spiro atoms. The van der Waals surface area contributed by atoms with E-state index in [1.54, 1.807) is 23.1 Å². The Morgan fingerprint density at radius 2 is 2.28 bits per heavy atom. The number of benzene rings is 1. The number of carbonyl (C=O) groups is 1. The predicted molar refractivity (Wildman–Crippen MR) is 73.3 cm³/mol. The highest BCUT2D eigenvalue weighted by Gasteiger charge is 2.28. The molecule has 1 aromatic rings. The van der Waals surface area contributed by atoms with Gasteiger partial charge < -0.3 is 10.6 Å². The molecule has 2 rings (SSSR count). The van der Waals surface area contributed by atoms with Crippen molar-refractivity contribution in [1.29, 1.82) is 0 Å². The lowest BCUT2D eigenvalue weighted by atomic mass is 10.1. The smallest absolute Gasteiger partial charge is 0.258 e. The molecule has 0 heterocycles. The largest absolute Gasteiger partial charge is 0.398 e. The number of hydrogen-bond donors (Lipinski definition) is 1. The Kier molecular flexibility index (Phi) is 3.78. The first-order chi connectivity index (χ1) is 8.63. The molecule has 2 N–H and O–H groups in total. The lowest BCUT2D eigenvalue weighted by Crippen LogP contribution is -2.34. The third-order valence-corrected chi connectivity index (χ3v) is 3.32. The van der Waals surface area contributed by atoms with Crippen LogP contribution >= 0.6 is 11.6 Å². The van der Waals surface area contributed by atoms with Crippen molar-refractivity contribution in [1.82, 2.24) is 4.90 Å². The summed E-state index contributed by atoms with van der Waals surface area (Å²) in [6.45, 7) is 0.980. The highest BCUT2D eigenvalue weighted by Crippen LogP contribution is 2.31. The van der Waals surface area contributed by atoms with Gasteiger partial charge in [-0.15, -0.1) is 6.42 Å². The molecule has 1 aromatic carbocycles. The second-order valence-electron chi connectivity index (χ2n) is 4.54. The van der Waals surface area contributed by atoms with Crippen molar-refractivity contribution >= 4 is 23.2 Å². The Morgan fingerprint density at radius 1 is 1.56 bits per heavy atom. The Balaban J connectivity index is 2.24. The minimum atomic E-state index is -0.178. The second kappa shape index (κ2) is 5.32. The molecule has 0 atom stereocenters. The molecule has 3 nitrogen and oxygen atoms in total. The van der Waals surface area contributed by atoms with Crippen LogP contribution in [0.5, 0.6) is 0 Å². The van der Waals surface area contributed by atoms with Crippen LogP contribution in [-0.2, 0) is 0 Å². The molecule has 0 unspecified atom stereocenters. The summed E-state index contributed by atoms with van der Waals surface area (Å²) in [4.78, 5) is 14.1. The molecular weight excluding hydrogens is 248 g/mol. The Labute approximate surface area is 112 Å². The zero-order valence-corrected chi connectivity index (χ0v) is 10.8. The summed E-state index contributed by atoms with van der Waals surface area (Å²) in [5.41, 5.74) is 6.57. The van der Waals surface area contributed by atoms with Crippen molar-refractivity contribution in [3.63, 3.8) is 0 Å². The summed E-state index contributed by atoms with van der Waals surface area (Å²) in [7, 11) is 0. The van der Waals surface area contributed by atoms with E-state index in [9.17, 15) is 4.79 Å². The molecule has 1 fully saturated rings. The summed E-state index contributed by atoms with van der Waals surface area (Å²) >= 11 is 6.04. The number of hydrogen-bond acceptors (Lipinski definition) is 2. The Morgan fingerprint density at radius 3 is 2.83 bits per heavy atom. The fraction of sp³-hybridized carbons (Fsp3) is 0.357. The van der Waals surface area contributed by atoms with Crippen LogP contribution in [0.15, 0.2) is 18.2 Å². The van der Waals surface area contributed by atoms with E-state index in [4.69, 9.17) is 23.8 Å². The van der Waals surface area contributed by atoms with Crippen molar-refractivity contribution < 1.29 is 4.79 Å². The van der Waals surface area contributed by atoms with E-state index in [2.05, 4.69) is 5.92 Å². The van der Waals surface area contributed by atoms with E-state index in [-0.39, 0.29) is 5.91 Å². The van der Waals surface area contributed by atoms with E-state index >= 15 is 0 Å². The summed E-state index contributed by atoms with van der Waals surface area (Å²) in [6.07, 6.45) is 7.63. The highest BCUT2D eigenvalue weighted by molar-refractivity contribution is 6.34. The minimum Gasteiger partial charge on any atom is -0.398 e. The van der Waals surface area contributed by atoms with Gasteiger partial charge in [-0.1, -0.05) is 23.6 Å². The number of nitrogen functional groups attached to an aromatic ring is 1. The molecule has 1 saturated carbocycles. The molecule has 1 aliphatic carbocycles. The maximum absolute atomic E-state index is 12.4. The summed E-state index contributed by atoms with van der Waals surface area (Å²) in [5, 5.41) is 0.373. The summed E-state index contributed by atoms with van der Waals surface area (Å²) in [6, 6.07) is 5.06. The number of nitrogens with zero attached hydrogens (tertiary/aromatic N) is 1. The van der Waals surface area contributed by atoms with E-state index in [0.29, 0.717) is 35.3 Å². The molecule has 18 heavy (non-hydrogen) atoms. The first-order valence-corrected chi connectivity index (χ1v) is 6.28. The van der Waals surface area contributed by atoms with Crippen molar-refractivity contribution in [3.8, 4) is 12.3 Å². The van der Waals surface area contributed by atoms with Crippen LogP contribution in [-0.4, -0.2) is 23.9 Å². The van der Waals surface area contributed by atoms with Gasteiger partial charge in [0.2, 0.25) is 0 Å². The zero-order chi connectivity index (χ0) is 13.1. The molecule has 1 amide bonds. The standard InChI is InChI=1S/C14H15ClN2O/c1-2-8-17(9-10-6-7-10)14(18)13-11(15)4-3-5-12(13)16/h1,3-5,10H,6-9,16H2. The summed E-state index contributed by atoms with van der Waals surface area (Å²) in [5.74, 6) is 2.91. The molecule has 0 bridgehead atoms. The third kappa shape index (κ3) is 2.77. The van der Waals surface area contributed by atoms with Crippen LogP contribution in [0.3, 0.4) is 0 Å². The number of halogens is 1. The number of terminal acetylenes is 1. The lowest BCUT2D eigenvalue weighted by Gasteiger charge is -2.21. The quantitative estimate of drug-likeness (QED) is 0.669. The number of anilines is 1. The van der Waals surface area contributed by atoms with Gasteiger partial charge in [0.1, 0.15) is 0 Å². The van der Waals surface area contributed by atoms with Crippen molar-refractivity contribution in [2.24, 2.45) is 5.92 Å². The maximum Gasteiger partial charge on any atom is 0.258 e. The average molecular weight is 263 g/mol. The third-order valence-electron chi connectivity index (χ3n) is 3.00. The van der Waals surface area contributed by atoms with Crippen molar-refractivity contribution in [2.45, 2.75) is 12.8 Å². The normalized spacial score (nSPS) is 14.0. The topological polar surface area (TPSA) is 46.3 Å². The molecule has 4 heteroatoms. The van der Waals surface area contributed by atoms with Gasteiger partial charge in [-0.3, -0.25) is 4.79 Å². The maximum atomic E-state index is 12.4. The monoisotopic (exact) mass is 262 g/mol. The first-order valence-electron chi connectivity index (χ1n) is 5.90. The lowest BCUT2D eigenvalue weighted by molar-refractivity contribution is 0.0771. The van der Waals surface area contributed by atoms with Gasteiger partial charge in [-0.2, -0.15) is 0 Å². The van der Waals surface area contributed by atoms with Crippen LogP contribution < -0.4 is 5.73 Å². The second-order valence-corrected chi connectivity index (χ2v) is 4.94. The molecule has 0 saturated heterocycles. The molecule has 0 aliphatic heterocycles. The van der Waals surface area contributed by atoms with E-state index in [1.165, 1.54) is 0 Å². The number of nitrogens with two attached hydrogens (primary N) is 1. The minimum absolute atomic E-state index is 0.178. The number of carbonyl (C=O) groups excluding carboxylic acids is 1. The van der Waals surface area contributed by atoms with Crippen LogP contribution in [0, 0.1) is 18.3 Å². The van der Waals surface area contributed by atoms with Gasteiger partial charge in [0.25, 0.3) is 5.91 Å². The van der Waals surface area contributed by atoms with Gasteiger partial charge in [0.05, 0.1) is 17.1 Å². The number of amides is 1. The van der Waals surface area contributed by atoms with Crippen molar-refractivity contribution in [3.05, 3.63) is 28.8 Å². The number of rotatable bonds is 4. The van der Waals surface area contributed by atoms with E-state index in [1.807, 2.05) is 0 Å². The SMILES string of the molecule is C#CCN(CC1CC1)C(=O)c1c(N)cccc1Cl. The molecule has 94 valence electrons. The van der Waals surface area contributed by atoms with Gasteiger partial charge in [-0.05, 0) is 30.9 Å².